The van der Waals surface area contributed by atoms with Gasteiger partial charge < -0.3 is 15.2 Å². The minimum atomic E-state index is -0.220. The van der Waals surface area contributed by atoms with Crippen molar-refractivity contribution in [1.29, 1.82) is 0 Å². The van der Waals surface area contributed by atoms with Crippen LogP contribution in [0.1, 0.15) is 29.8 Å². The van der Waals surface area contributed by atoms with E-state index < -0.39 is 0 Å². The van der Waals surface area contributed by atoms with Gasteiger partial charge in [-0.3, -0.25) is 14.2 Å². The molecule has 1 amide bonds. The summed E-state index contributed by atoms with van der Waals surface area (Å²) in [5.41, 5.74) is 1.61. The number of rotatable bonds is 8. The second-order valence-corrected chi connectivity index (χ2v) is 7.75. The second-order valence-electron chi connectivity index (χ2n) is 6.96. The highest BCUT2D eigenvalue weighted by Gasteiger charge is 2.12. The lowest BCUT2D eigenvalue weighted by Gasteiger charge is -2.18. The number of nitrogens with one attached hydrogen (secondary N) is 2. The number of halogens is 1. The van der Waals surface area contributed by atoms with Crippen LogP contribution < -0.4 is 10.9 Å². The molecule has 2 N–H and O–H groups in total. The van der Waals surface area contributed by atoms with Gasteiger partial charge in [0, 0.05) is 23.7 Å². The number of carbonyl (C=O) groups excluding carboxylic acids is 1. The zero-order valence-electron chi connectivity index (χ0n) is 17.1. The second kappa shape index (κ2) is 10.0. The van der Waals surface area contributed by atoms with Crippen LogP contribution in [-0.4, -0.2) is 46.5 Å². The Balaban J connectivity index is 1.84. The Labute approximate surface area is 185 Å². The number of H-pyrrole nitrogens is 1. The molecule has 0 saturated heterocycles. The standard InChI is InChI=1S/C22H25ClN4O2S/c1-3-26(4-2)12-11-24-20(28)15-9-10-17-19(13-15)25-22(30)27(21(17)29)14-16-7-5-6-8-18(16)23/h5-10,13H,3-4,11-12,14H2,1-2H3,(H,24,28)(H,25,30). The van der Waals surface area contributed by atoms with Gasteiger partial charge in [-0.15, -0.1) is 0 Å². The number of likely N-dealkylation sites (N-methyl/N-ethyl adjacent to an activating group) is 1. The van der Waals surface area contributed by atoms with Crippen LogP contribution in [0.25, 0.3) is 10.9 Å². The normalized spacial score (nSPS) is 11.2. The molecule has 0 fully saturated rings. The van der Waals surface area contributed by atoms with Gasteiger partial charge >= 0.3 is 0 Å². The van der Waals surface area contributed by atoms with Crippen LogP contribution in [0, 0.1) is 4.77 Å². The van der Waals surface area contributed by atoms with Gasteiger partial charge in [-0.25, -0.2) is 0 Å². The molecule has 0 bridgehead atoms. The molecule has 2 aromatic carbocycles. The van der Waals surface area contributed by atoms with E-state index in [1.807, 2.05) is 18.2 Å². The summed E-state index contributed by atoms with van der Waals surface area (Å²) in [5.74, 6) is -0.177. The van der Waals surface area contributed by atoms with Crippen molar-refractivity contribution in [3.63, 3.8) is 0 Å². The smallest absolute Gasteiger partial charge is 0.262 e. The van der Waals surface area contributed by atoms with Crippen molar-refractivity contribution < 1.29 is 4.79 Å². The molecule has 0 aliphatic carbocycles. The molecule has 8 heteroatoms. The van der Waals surface area contributed by atoms with Crippen LogP contribution in [0.2, 0.25) is 5.02 Å². The number of hydrogen-bond donors (Lipinski definition) is 2. The van der Waals surface area contributed by atoms with E-state index in [-0.39, 0.29) is 22.8 Å². The van der Waals surface area contributed by atoms with Gasteiger partial charge in [0.2, 0.25) is 0 Å². The van der Waals surface area contributed by atoms with Gasteiger partial charge in [0.25, 0.3) is 11.5 Å². The third-order valence-electron chi connectivity index (χ3n) is 5.14. The summed E-state index contributed by atoms with van der Waals surface area (Å²) >= 11 is 11.6. The summed E-state index contributed by atoms with van der Waals surface area (Å²) in [5, 5.41) is 3.97. The molecule has 0 radical (unpaired) electrons. The number of hydrogen-bond acceptors (Lipinski definition) is 4. The first-order valence-electron chi connectivity index (χ1n) is 9.95. The van der Waals surface area contributed by atoms with Crippen LogP contribution >= 0.6 is 23.8 Å². The Morgan fingerprint density at radius 3 is 2.63 bits per heavy atom. The minimum Gasteiger partial charge on any atom is -0.351 e. The maximum atomic E-state index is 13.0. The molecule has 0 aliphatic rings. The molecule has 0 atom stereocenters. The molecule has 6 nitrogen and oxygen atoms in total. The number of aromatic nitrogens is 2. The van der Waals surface area contributed by atoms with Gasteiger partial charge in [-0.2, -0.15) is 0 Å². The quantitative estimate of drug-likeness (QED) is 0.518. The average Bonchev–Trinajstić information content (AvgIpc) is 2.75. The van der Waals surface area contributed by atoms with E-state index >= 15 is 0 Å². The molecule has 1 heterocycles. The molecule has 0 aliphatic heterocycles. The van der Waals surface area contributed by atoms with Crippen molar-refractivity contribution >= 4 is 40.6 Å². The SMILES string of the molecule is CCN(CC)CCNC(=O)c1ccc2c(=O)n(Cc3ccccc3Cl)c(=S)[nH]c2c1. The van der Waals surface area contributed by atoms with Crippen molar-refractivity contribution in [2.75, 3.05) is 26.2 Å². The summed E-state index contributed by atoms with van der Waals surface area (Å²) in [6, 6.07) is 12.3. The molecule has 0 unspecified atom stereocenters. The van der Waals surface area contributed by atoms with Crippen molar-refractivity contribution in [1.82, 2.24) is 19.8 Å². The summed E-state index contributed by atoms with van der Waals surface area (Å²) < 4.78 is 1.76. The van der Waals surface area contributed by atoms with Crippen LogP contribution in [0.5, 0.6) is 0 Å². The molecule has 158 valence electrons. The number of nitrogens with zero attached hydrogens (tertiary/aromatic N) is 2. The Kier molecular flexibility index (Phi) is 7.42. The lowest BCUT2D eigenvalue weighted by atomic mass is 10.1. The van der Waals surface area contributed by atoms with Crippen LogP contribution in [0.4, 0.5) is 0 Å². The van der Waals surface area contributed by atoms with E-state index in [0.29, 0.717) is 28.0 Å². The topological polar surface area (TPSA) is 70.1 Å². The fourth-order valence-corrected chi connectivity index (χ4v) is 3.76. The predicted octanol–water partition coefficient (Wildman–Crippen LogP) is 3.83. The first kappa shape index (κ1) is 22.2. The van der Waals surface area contributed by atoms with Gasteiger partial charge in [0.05, 0.1) is 17.4 Å². The minimum absolute atomic E-state index is 0.177. The molecule has 0 spiro atoms. The number of aromatic amines is 1. The third kappa shape index (κ3) is 4.98. The molecule has 30 heavy (non-hydrogen) atoms. The van der Waals surface area contributed by atoms with E-state index in [1.165, 1.54) is 4.57 Å². The first-order valence-corrected chi connectivity index (χ1v) is 10.7. The average molecular weight is 445 g/mol. The maximum Gasteiger partial charge on any atom is 0.262 e. The number of amides is 1. The van der Waals surface area contributed by atoms with Gasteiger partial charge in [-0.1, -0.05) is 43.6 Å². The molecule has 3 aromatic rings. The van der Waals surface area contributed by atoms with Crippen molar-refractivity contribution in [3.05, 3.63) is 73.7 Å². The molecule has 3 rings (SSSR count). The monoisotopic (exact) mass is 444 g/mol. The molecule has 0 saturated carbocycles. The predicted molar refractivity (Wildman–Crippen MR) is 124 cm³/mol. The lowest BCUT2D eigenvalue weighted by Crippen LogP contribution is -2.34. The van der Waals surface area contributed by atoms with Crippen LogP contribution in [-0.2, 0) is 6.54 Å². The summed E-state index contributed by atoms with van der Waals surface area (Å²) in [7, 11) is 0. The van der Waals surface area contributed by atoms with E-state index in [1.54, 1.807) is 24.3 Å². The highest BCUT2D eigenvalue weighted by molar-refractivity contribution is 7.71. The van der Waals surface area contributed by atoms with Crippen LogP contribution in [0.3, 0.4) is 0 Å². The zero-order valence-corrected chi connectivity index (χ0v) is 18.6. The summed E-state index contributed by atoms with van der Waals surface area (Å²) in [4.78, 5) is 30.8. The summed E-state index contributed by atoms with van der Waals surface area (Å²) in [6.45, 7) is 7.70. The third-order valence-corrected chi connectivity index (χ3v) is 5.83. The van der Waals surface area contributed by atoms with Crippen molar-refractivity contribution in [2.24, 2.45) is 0 Å². The van der Waals surface area contributed by atoms with E-state index in [0.717, 1.165) is 25.2 Å². The highest BCUT2D eigenvalue weighted by Crippen LogP contribution is 2.17. The van der Waals surface area contributed by atoms with Gasteiger partial charge in [0.1, 0.15) is 0 Å². The maximum absolute atomic E-state index is 13.0. The van der Waals surface area contributed by atoms with Gasteiger partial charge in [0.15, 0.2) is 4.77 Å². The van der Waals surface area contributed by atoms with E-state index in [2.05, 4.69) is 29.0 Å². The molecular formula is C22H25ClN4O2S. The number of fused-ring (bicyclic) bond motifs is 1. The fourth-order valence-electron chi connectivity index (χ4n) is 3.31. The Morgan fingerprint density at radius 1 is 1.20 bits per heavy atom. The number of benzene rings is 2. The Hall–Kier alpha value is -2.48. The van der Waals surface area contributed by atoms with Crippen molar-refractivity contribution in [3.8, 4) is 0 Å². The first-order chi connectivity index (χ1) is 14.4. The van der Waals surface area contributed by atoms with E-state index in [4.69, 9.17) is 23.8 Å². The number of carbonyl (C=O) groups is 1. The van der Waals surface area contributed by atoms with E-state index in [9.17, 15) is 9.59 Å². The summed E-state index contributed by atoms with van der Waals surface area (Å²) in [6.07, 6.45) is 0. The molecule has 1 aromatic heterocycles. The lowest BCUT2D eigenvalue weighted by molar-refractivity contribution is 0.0949. The largest absolute Gasteiger partial charge is 0.351 e. The van der Waals surface area contributed by atoms with Gasteiger partial charge in [-0.05, 0) is 55.1 Å². The Bertz CT molecular complexity index is 1170. The molecular weight excluding hydrogens is 420 g/mol. The highest BCUT2D eigenvalue weighted by atomic mass is 35.5. The fraction of sp³-hybridized carbons (Fsp3) is 0.318. The Morgan fingerprint density at radius 2 is 1.93 bits per heavy atom. The zero-order chi connectivity index (χ0) is 21.7. The van der Waals surface area contributed by atoms with Crippen LogP contribution in [0.15, 0.2) is 47.3 Å². The van der Waals surface area contributed by atoms with Crippen molar-refractivity contribution in [2.45, 2.75) is 20.4 Å².